The summed E-state index contributed by atoms with van der Waals surface area (Å²) in [5.41, 5.74) is 1.82. The molecule has 14 nitrogen and oxygen atoms in total. The summed E-state index contributed by atoms with van der Waals surface area (Å²) in [6.07, 6.45) is -3.11. The summed E-state index contributed by atoms with van der Waals surface area (Å²) in [6, 6.07) is 6.97. The molecule has 1 aliphatic heterocycles. The number of para-hydroxylation sites is 1. The fourth-order valence-electron chi connectivity index (χ4n) is 4.95. The molecule has 0 spiro atoms. The second kappa shape index (κ2) is 10.7. The summed E-state index contributed by atoms with van der Waals surface area (Å²) in [6.45, 7) is 8.44. The zero-order chi connectivity index (χ0) is 30.6. The molecule has 3 aromatic rings. The zero-order valence-electron chi connectivity index (χ0n) is 24.1. The van der Waals surface area contributed by atoms with Gasteiger partial charge in [0.25, 0.3) is 0 Å². The van der Waals surface area contributed by atoms with Gasteiger partial charge in [-0.3, -0.25) is 13.9 Å². The molecular formula is C26H35FN7O7P. The summed E-state index contributed by atoms with van der Waals surface area (Å²) in [4.78, 5) is 27.1. The van der Waals surface area contributed by atoms with Gasteiger partial charge in [0.1, 0.15) is 24.0 Å². The number of benzene rings is 1. The summed E-state index contributed by atoms with van der Waals surface area (Å²) < 4.78 is 54.4. The normalized spacial score (nSPS) is 28.7. The number of alkyl halides is 1. The van der Waals surface area contributed by atoms with Crippen molar-refractivity contribution in [2.24, 2.45) is 0 Å². The van der Waals surface area contributed by atoms with Crippen LogP contribution < -0.4 is 20.2 Å². The van der Waals surface area contributed by atoms with E-state index in [4.69, 9.17) is 24.3 Å². The topological polar surface area (TPSA) is 176 Å². The Morgan fingerprint density at radius 1 is 1.31 bits per heavy atom. The minimum absolute atomic E-state index is 0.0432. The van der Waals surface area contributed by atoms with Gasteiger partial charge >= 0.3 is 13.7 Å². The summed E-state index contributed by atoms with van der Waals surface area (Å²) >= 11 is 0. The number of esters is 1. The minimum atomic E-state index is -4.41. The van der Waals surface area contributed by atoms with Crippen LogP contribution in [0.15, 0.2) is 36.7 Å². The highest BCUT2D eigenvalue weighted by molar-refractivity contribution is 7.52. The van der Waals surface area contributed by atoms with Crippen LogP contribution in [0.1, 0.15) is 40.8 Å². The van der Waals surface area contributed by atoms with Gasteiger partial charge in [-0.2, -0.15) is 15.1 Å². The average molecular weight is 608 g/mol. The maximum atomic E-state index is 16.6. The number of nitrogen functional groups attached to an aromatic ring is 1. The van der Waals surface area contributed by atoms with E-state index in [1.807, 2.05) is 11.8 Å². The molecule has 4 N–H and O–H groups in total. The number of rotatable bonds is 11. The number of imidazole rings is 1. The summed E-state index contributed by atoms with van der Waals surface area (Å²) in [5, 5.41) is 14.0. The van der Waals surface area contributed by atoms with Crippen LogP contribution >= 0.6 is 7.75 Å². The van der Waals surface area contributed by atoms with Gasteiger partial charge in [-0.15, -0.1) is 0 Å². The number of nitrogens with one attached hydrogen (secondary N) is 1. The van der Waals surface area contributed by atoms with Gasteiger partial charge in [0.2, 0.25) is 5.95 Å². The first-order valence-electron chi connectivity index (χ1n) is 13.5. The average Bonchev–Trinajstić information content (AvgIpc) is 3.17. The first-order chi connectivity index (χ1) is 19.7. The van der Waals surface area contributed by atoms with E-state index in [1.54, 1.807) is 39.1 Å². The minimum Gasteiger partial charge on any atom is -0.462 e. The third-order valence-corrected chi connectivity index (χ3v) is 9.00. The third-order valence-electron chi connectivity index (χ3n) is 7.34. The number of nitrogens with two attached hydrogens (primary N) is 1. The van der Waals surface area contributed by atoms with Crippen LogP contribution in [0.25, 0.3) is 11.2 Å². The Kier molecular flexibility index (Phi) is 7.69. The Morgan fingerprint density at radius 3 is 2.60 bits per heavy atom. The molecule has 0 radical (unpaired) electrons. The van der Waals surface area contributed by atoms with E-state index in [9.17, 15) is 14.5 Å². The Labute approximate surface area is 241 Å². The van der Waals surface area contributed by atoms with Gasteiger partial charge in [0, 0.05) is 13.6 Å². The lowest BCUT2D eigenvalue weighted by Crippen LogP contribution is -2.45. The van der Waals surface area contributed by atoms with Gasteiger partial charge in [-0.1, -0.05) is 18.2 Å². The van der Waals surface area contributed by atoms with Gasteiger partial charge in [0.15, 0.2) is 34.5 Å². The smallest absolute Gasteiger partial charge is 0.459 e. The van der Waals surface area contributed by atoms with Crippen molar-refractivity contribution in [1.82, 2.24) is 24.6 Å². The lowest BCUT2D eigenvalue weighted by molar-refractivity contribution is -0.149. The van der Waals surface area contributed by atoms with E-state index in [0.29, 0.717) is 17.9 Å². The Balaban J connectivity index is 1.41. The summed E-state index contributed by atoms with van der Waals surface area (Å²) in [5.74, 6) is -0.128. The number of anilines is 2. The third kappa shape index (κ3) is 5.09. The Morgan fingerprint density at radius 2 is 2.00 bits per heavy atom. The fourth-order valence-corrected chi connectivity index (χ4v) is 6.66. The van der Waals surface area contributed by atoms with Crippen molar-refractivity contribution in [3.8, 4) is 5.75 Å². The second-order valence-corrected chi connectivity index (χ2v) is 12.5. The molecule has 16 heteroatoms. The van der Waals surface area contributed by atoms with Crippen LogP contribution in [0.3, 0.4) is 0 Å². The molecule has 3 heterocycles. The van der Waals surface area contributed by atoms with Crippen LogP contribution in [0.4, 0.5) is 16.2 Å². The molecule has 2 unspecified atom stereocenters. The van der Waals surface area contributed by atoms with Crippen molar-refractivity contribution in [2.75, 3.05) is 24.2 Å². The number of hydrogen-bond acceptors (Lipinski definition) is 12. The summed E-state index contributed by atoms with van der Waals surface area (Å²) in [7, 11) is -2.60. The number of aromatic nitrogens is 4. The molecule has 228 valence electrons. The second-order valence-electron chi connectivity index (χ2n) is 10.8. The van der Waals surface area contributed by atoms with Crippen LogP contribution in [-0.2, 0) is 23.4 Å². The molecule has 2 aromatic heterocycles. The monoisotopic (exact) mass is 607 g/mol. The van der Waals surface area contributed by atoms with Crippen LogP contribution in [0, 0.1) is 0 Å². The largest absolute Gasteiger partial charge is 0.462 e. The van der Waals surface area contributed by atoms with Crippen LogP contribution in [0.2, 0.25) is 0 Å². The lowest BCUT2D eigenvalue weighted by atomic mass is 9.97. The van der Waals surface area contributed by atoms with Crippen molar-refractivity contribution >= 4 is 36.6 Å². The van der Waals surface area contributed by atoms with Crippen LogP contribution in [-0.4, -0.2) is 79.8 Å². The molecule has 1 saturated carbocycles. The standard InChI is InChI=1S/C26H35FN7O7P/c1-7-33(6)20-17-21(31-24(28)30-20)34(13-29-17)23-25(5,27)26(36)18(39-23)19(26)41-42(37,40-16-11-9-8-10-12-16)32-15(4)22(35)38-14(2)3/h8-15,18-19,23,36H,7H2,1-6H3,(H,32,37)(H2,28,30,31)/t15-,18+,19?,23+,25-,26-,42?/m0/s1. The highest BCUT2D eigenvalue weighted by atomic mass is 31.2. The SMILES string of the molecule is CCN(C)c1nc(N)nc2c1ncn2[C@@H]1O[C@@H]2C(OP(=O)(N[C@@H](C)C(=O)OC(C)C)Oc3ccccc3)[C@]2(O)[C@@]1(C)F. The van der Waals surface area contributed by atoms with E-state index in [-0.39, 0.29) is 17.3 Å². The fraction of sp³-hybridized carbons (Fsp3) is 0.538. The Bertz CT molecular complexity index is 1520. The van der Waals surface area contributed by atoms with Gasteiger partial charge < -0.3 is 29.7 Å². The van der Waals surface area contributed by atoms with Crippen molar-refractivity contribution in [3.05, 3.63) is 36.7 Å². The molecule has 5 rings (SSSR count). The number of nitrogens with zero attached hydrogens (tertiary/aromatic N) is 5. The number of carbonyl (C=O) groups is 1. The number of carbonyl (C=O) groups excluding carboxylic acids is 1. The maximum absolute atomic E-state index is 16.6. The number of fused-ring (bicyclic) bond motifs is 2. The highest BCUT2D eigenvalue weighted by Gasteiger charge is 2.85. The molecule has 7 atom stereocenters. The first-order valence-corrected chi connectivity index (χ1v) is 15.1. The molecule has 2 aliphatic rings. The molecular weight excluding hydrogens is 572 g/mol. The highest BCUT2D eigenvalue weighted by Crippen LogP contribution is 2.66. The molecule has 42 heavy (non-hydrogen) atoms. The molecule has 2 fully saturated rings. The van der Waals surface area contributed by atoms with E-state index in [1.165, 1.54) is 30.0 Å². The van der Waals surface area contributed by atoms with E-state index < -0.39 is 55.6 Å². The van der Waals surface area contributed by atoms with Crippen molar-refractivity contribution in [2.45, 2.75) is 76.5 Å². The predicted molar refractivity (Wildman–Crippen MR) is 150 cm³/mol. The van der Waals surface area contributed by atoms with Crippen LogP contribution in [0.5, 0.6) is 5.75 Å². The predicted octanol–water partition coefficient (Wildman–Crippen LogP) is 2.74. The molecule has 0 amide bonds. The zero-order valence-corrected chi connectivity index (χ0v) is 25.0. The number of ether oxygens (including phenoxy) is 2. The molecule has 0 bridgehead atoms. The number of aliphatic hydroxyl groups is 1. The molecule has 1 aromatic carbocycles. The van der Waals surface area contributed by atoms with Gasteiger partial charge in [0.05, 0.1) is 12.4 Å². The van der Waals surface area contributed by atoms with Gasteiger partial charge in [-0.25, -0.2) is 13.9 Å². The molecule has 1 saturated heterocycles. The number of hydrogen-bond donors (Lipinski definition) is 3. The van der Waals surface area contributed by atoms with Gasteiger partial charge in [-0.05, 0) is 46.8 Å². The lowest BCUT2D eigenvalue weighted by Gasteiger charge is -2.32. The van der Waals surface area contributed by atoms with E-state index in [0.717, 1.165) is 6.92 Å². The number of halogens is 1. The van der Waals surface area contributed by atoms with Crippen molar-refractivity contribution in [1.29, 1.82) is 0 Å². The maximum Gasteiger partial charge on any atom is 0.459 e. The Hall–Kier alpha value is -3.36. The first kappa shape index (κ1) is 30.1. The van der Waals surface area contributed by atoms with Crippen molar-refractivity contribution in [3.63, 3.8) is 0 Å². The van der Waals surface area contributed by atoms with E-state index in [2.05, 4.69) is 20.0 Å². The van der Waals surface area contributed by atoms with E-state index >= 15 is 4.39 Å². The quantitative estimate of drug-likeness (QED) is 0.214. The molecule has 1 aliphatic carbocycles. The van der Waals surface area contributed by atoms with Crippen molar-refractivity contribution < 1.29 is 37.4 Å².